The fourth-order valence-corrected chi connectivity index (χ4v) is 3.27. The lowest BCUT2D eigenvalue weighted by atomic mass is 10.2. The molecule has 0 bridgehead atoms. The molecular weight excluding hydrogens is 374 g/mol. The average Bonchev–Trinajstić information content (AvgIpc) is 2.62. The maximum Gasteiger partial charge on any atom is 0.293 e. The van der Waals surface area contributed by atoms with E-state index in [0.717, 1.165) is 37.6 Å². The Morgan fingerprint density at radius 3 is 2.46 bits per heavy atom. The molecule has 1 aliphatic rings. The second-order valence-electron chi connectivity index (χ2n) is 5.57. The Labute approximate surface area is 148 Å². The zero-order valence-corrected chi connectivity index (χ0v) is 14.9. The van der Waals surface area contributed by atoms with Crippen molar-refractivity contribution >= 4 is 33.0 Å². The third-order valence-electron chi connectivity index (χ3n) is 4.17. The first-order valence-electron chi connectivity index (χ1n) is 7.66. The van der Waals surface area contributed by atoms with Crippen LogP contribution in [0.25, 0.3) is 0 Å². The Balaban J connectivity index is 1.74. The van der Waals surface area contributed by atoms with Crippen LogP contribution in [0.15, 0.2) is 46.9 Å². The highest BCUT2D eigenvalue weighted by molar-refractivity contribution is 9.10. The predicted molar refractivity (Wildman–Crippen MR) is 98.2 cm³/mol. The number of halogens is 1. The molecule has 0 amide bonds. The van der Waals surface area contributed by atoms with Gasteiger partial charge in [-0.25, -0.2) is 0 Å². The van der Waals surface area contributed by atoms with Gasteiger partial charge in [0.2, 0.25) is 0 Å². The van der Waals surface area contributed by atoms with Crippen molar-refractivity contribution < 1.29 is 9.66 Å². The molecule has 1 heterocycles. The standard InChI is InChI=1S/C17H18BrN3O3/c1-24-15-4-2-3-14(12-15)19-7-9-20(10-8-19)16-6-5-13(18)11-17(16)21(22)23/h2-6,11-12H,7-10H2,1H3. The maximum atomic E-state index is 11.3. The minimum absolute atomic E-state index is 0.138. The molecule has 1 fully saturated rings. The van der Waals surface area contributed by atoms with Gasteiger partial charge in [0.05, 0.1) is 12.0 Å². The van der Waals surface area contributed by atoms with Gasteiger partial charge < -0.3 is 14.5 Å². The largest absolute Gasteiger partial charge is 0.497 e. The molecule has 0 unspecified atom stereocenters. The first kappa shape index (κ1) is 16.6. The summed E-state index contributed by atoms with van der Waals surface area (Å²) in [5.41, 5.74) is 1.92. The van der Waals surface area contributed by atoms with E-state index in [9.17, 15) is 10.1 Å². The van der Waals surface area contributed by atoms with Gasteiger partial charge in [-0.05, 0) is 24.3 Å². The molecule has 126 valence electrons. The second kappa shape index (κ2) is 7.09. The molecule has 7 heteroatoms. The second-order valence-corrected chi connectivity index (χ2v) is 6.48. The quantitative estimate of drug-likeness (QED) is 0.587. The number of piperazine rings is 1. The van der Waals surface area contributed by atoms with Gasteiger partial charge in [0.1, 0.15) is 11.4 Å². The minimum Gasteiger partial charge on any atom is -0.497 e. The lowest BCUT2D eigenvalue weighted by molar-refractivity contribution is -0.384. The molecule has 0 radical (unpaired) electrons. The van der Waals surface area contributed by atoms with Crippen LogP contribution in [0, 0.1) is 10.1 Å². The molecule has 2 aromatic rings. The summed E-state index contributed by atoms with van der Waals surface area (Å²) < 4.78 is 5.99. The normalized spacial score (nSPS) is 14.6. The van der Waals surface area contributed by atoms with Crippen LogP contribution in [0.4, 0.5) is 17.1 Å². The van der Waals surface area contributed by atoms with Gasteiger partial charge in [-0.3, -0.25) is 10.1 Å². The van der Waals surface area contributed by atoms with Crippen molar-refractivity contribution in [3.05, 3.63) is 57.1 Å². The number of ether oxygens (including phenoxy) is 1. The van der Waals surface area contributed by atoms with Crippen LogP contribution in [0.5, 0.6) is 5.75 Å². The summed E-state index contributed by atoms with van der Waals surface area (Å²) in [6, 6.07) is 13.2. The van der Waals surface area contributed by atoms with Gasteiger partial charge in [-0.15, -0.1) is 0 Å². The van der Waals surface area contributed by atoms with Crippen LogP contribution >= 0.6 is 15.9 Å². The number of nitrogens with zero attached hydrogens (tertiary/aromatic N) is 3. The van der Waals surface area contributed by atoms with Gasteiger partial charge in [0, 0.05) is 48.5 Å². The van der Waals surface area contributed by atoms with E-state index in [0.29, 0.717) is 10.2 Å². The Bertz CT molecular complexity index is 746. The molecule has 24 heavy (non-hydrogen) atoms. The molecule has 0 atom stereocenters. The van der Waals surface area contributed by atoms with E-state index in [1.807, 2.05) is 30.3 Å². The van der Waals surface area contributed by atoms with Gasteiger partial charge in [-0.1, -0.05) is 22.0 Å². The van der Waals surface area contributed by atoms with Crippen molar-refractivity contribution in [1.29, 1.82) is 0 Å². The molecule has 2 aromatic carbocycles. The fourth-order valence-electron chi connectivity index (χ4n) is 2.92. The summed E-state index contributed by atoms with van der Waals surface area (Å²) in [7, 11) is 1.66. The smallest absolute Gasteiger partial charge is 0.293 e. The van der Waals surface area contributed by atoms with Crippen LogP contribution < -0.4 is 14.5 Å². The van der Waals surface area contributed by atoms with E-state index in [2.05, 4.69) is 31.8 Å². The summed E-state index contributed by atoms with van der Waals surface area (Å²) in [5.74, 6) is 0.832. The minimum atomic E-state index is -0.325. The Kier molecular flexibility index (Phi) is 4.89. The third kappa shape index (κ3) is 3.46. The van der Waals surface area contributed by atoms with Crippen LogP contribution in [0.2, 0.25) is 0 Å². The predicted octanol–water partition coefficient (Wildman–Crippen LogP) is 3.69. The topological polar surface area (TPSA) is 58.8 Å². The number of anilines is 2. The molecule has 3 rings (SSSR count). The molecule has 0 spiro atoms. The fraction of sp³-hybridized carbons (Fsp3) is 0.294. The summed E-state index contributed by atoms with van der Waals surface area (Å²) in [6.45, 7) is 3.08. The monoisotopic (exact) mass is 391 g/mol. The van der Waals surface area contributed by atoms with Crippen molar-refractivity contribution in [3.8, 4) is 5.75 Å². The summed E-state index contributed by atoms with van der Waals surface area (Å²) in [6.07, 6.45) is 0. The highest BCUT2D eigenvalue weighted by Crippen LogP contribution is 2.32. The first-order valence-corrected chi connectivity index (χ1v) is 8.45. The third-order valence-corrected chi connectivity index (χ3v) is 4.67. The van der Waals surface area contributed by atoms with Crippen molar-refractivity contribution in [3.63, 3.8) is 0 Å². The number of methoxy groups -OCH3 is 1. The molecule has 0 saturated carbocycles. The van der Waals surface area contributed by atoms with E-state index in [4.69, 9.17) is 4.74 Å². The van der Waals surface area contributed by atoms with E-state index >= 15 is 0 Å². The van der Waals surface area contributed by atoms with Crippen LogP contribution in [-0.2, 0) is 0 Å². The summed E-state index contributed by atoms with van der Waals surface area (Å²) in [5, 5.41) is 11.3. The molecule has 1 saturated heterocycles. The number of rotatable bonds is 4. The van der Waals surface area contributed by atoms with Gasteiger partial charge in [-0.2, -0.15) is 0 Å². The van der Waals surface area contributed by atoms with E-state index < -0.39 is 0 Å². The number of benzene rings is 2. The molecule has 0 N–H and O–H groups in total. The maximum absolute atomic E-state index is 11.3. The van der Waals surface area contributed by atoms with Crippen molar-refractivity contribution in [2.75, 3.05) is 43.1 Å². The number of hydrogen-bond donors (Lipinski definition) is 0. The van der Waals surface area contributed by atoms with Gasteiger partial charge >= 0.3 is 0 Å². The van der Waals surface area contributed by atoms with Crippen LogP contribution in [-0.4, -0.2) is 38.2 Å². The molecular formula is C17H18BrN3O3. The molecule has 0 aliphatic carbocycles. The first-order chi connectivity index (χ1) is 11.6. The van der Waals surface area contributed by atoms with Gasteiger partial charge in [0.15, 0.2) is 0 Å². The van der Waals surface area contributed by atoms with Crippen LogP contribution in [0.3, 0.4) is 0 Å². The summed E-state index contributed by atoms with van der Waals surface area (Å²) in [4.78, 5) is 15.3. The zero-order valence-electron chi connectivity index (χ0n) is 13.3. The Morgan fingerprint density at radius 2 is 1.79 bits per heavy atom. The highest BCUT2D eigenvalue weighted by Gasteiger charge is 2.24. The molecule has 6 nitrogen and oxygen atoms in total. The molecule has 0 aromatic heterocycles. The number of nitro benzene ring substituents is 1. The SMILES string of the molecule is COc1cccc(N2CCN(c3ccc(Br)cc3[N+](=O)[O-])CC2)c1. The van der Waals surface area contributed by atoms with Gasteiger partial charge in [0.25, 0.3) is 5.69 Å². The Morgan fingerprint density at radius 1 is 1.08 bits per heavy atom. The average molecular weight is 392 g/mol. The zero-order chi connectivity index (χ0) is 17.1. The highest BCUT2D eigenvalue weighted by atomic mass is 79.9. The van der Waals surface area contributed by atoms with Crippen molar-refractivity contribution in [2.24, 2.45) is 0 Å². The lowest BCUT2D eigenvalue weighted by Crippen LogP contribution is -2.46. The van der Waals surface area contributed by atoms with E-state index in [1.54, 1.807) is 13.2 Å². The van der Waals surface area contributed by atoms with Crippen molar-refractivity contribution in [1.82, 2.24) is 0 Å². The number of hydrogen-bond acceptors (Lipinski definition) is 5. The number of nitro groups is 1. The molecule has 1 aliphatic heterocycles. The van der Waals surface area contributed by atoms with E-state index in [-0.39, 0.29) is 10.6 Å². The van der Waals surface area contributed by atoms with Crippen LogP contribution in [0.1, 0.15) is 0 Å². The van der Waals surface area contributed by atoms with Crippen molar-refractivity contribution in [2.45, 2.75) is 0 Å². The lowest BCUT2D eigenvalue weighted by Gasteiger charge is -2.37. The Hall–Kier alpha value is -2.28. The summed E-state index contributed by atoms with van der Waals surface area (Å²) >= 11 is 3.30. The van der Waals surface area contributed by atoms with E-state index in [1.165, 1.54) is 0 Å².